The van der Waals surface area contributed by atoms with Gasteiger partial charge in [-0.15, -0.1) is 0 Å². The number of alkyl halides is 3. The lowest BCUT2D eigenvalue weighted by molar-refractivity contribution is -0.141. The zero-order chi connectivity index (χ0) is 21.5. The highest BCUT2D eigenvalue weighted by molar-refractivity contribution is 5.91. The molecular formula is C20H20F3N5O2. The van der Waals surface area contributed by atoms with Crippen LogP contribution in [0.5, 0.6) is 0 Å². The molecule has 1 aliphatic carbocycles. The molecule has 30 heavy (non-hydrogen) atoms. The Labute approximate surface area is 170 Å². The molecule has 4 rings (SSSR count). The van der Waals surface area contributed by atoms with Crippen LogP contribution in [-0.4, -0.2) is 30.5 Å². The number of hydrogen-bond donors (Lipinski definition) is 2. The summed E-state index contributed by atoms with van der Waals surface area (Å²) in [5, 5.41) is 13.3. The molecule has 3 aromatic rings. The fraction of sp³-hybridized carbons (Fsp3) is 0.400. The lowest BCUT2D eigenvalue weighted by Crippen LogP contribution is -2.30. The van der Waals surface area contributed by atoms with Crippen molar-refractivity contribution in [2.24, 2.45) is 0 Å². The molecule has 0 unspecified atom stereocenters. The fourth-order valence-corrected chi connectivity index (χ4v) is 3.48. The number of nitrogens with zero attached hydrogens (tertiary/aromatic N) is 4. The third-order valence-corrected chi connectivity index (χ3v) is 5.31. The molecule has 1 saturated carbocycles. The third-order valence-electron chi connectivity index (χ3n) is 5.31. The summed E-state index contributed by atoms with van der Waals surface area (Å²) in [5.41, 5.74) is -1.64. The van der Waals surface area contributed by atoms with Gasteiger partial charge < -0.3 is 5.11 Å². The Morgan fingerprint density at radius 1 is 1.27 bits per heavy atom. The van der Waals surface area contributed by atoms with Gasteiger partial charge in [0.2, 0.25) is 11.9 Å². The highest BCUT2D eigenvalue weighted by atomic mass is 19.4. The van der Waals surface area contributed by atoms with E-state index in [1.807, 2.05) is 0 Å². The molecule has 3 heterocycles. The van der Waals surface area contributed by atoms with Gasteiger partial charge in [-0.25, -0.2) is 9.97 Å². The van der Waals surface area contributed by atoms with Crippen molar-refractivity contribution in [1.82, 2.24) is 19.5 Å². The normalized spacial score (nSPS) is 16.8. The molecule has 0 saturated heterocycles. The summed E-state index contributed by atoms with van der Waals surface area (Å²) in [6.45, 7) is 1.50. The minimum absolute atomic E-state index is 0.0832. The van der Waals surface area contributed by atoms with Crippen LogP contribution < -0.4 is 5.32 Å². The number of anilines is 1. The molecule has 10 heteroatoms. The number of amides is 1. The standard InChI is InChI=1S/C20H20F3N5O2/c1-19(30,12-4-3-9-24-11-12)10-16(29)27-18-25-14-7-8-15(20(21,22)23)26-17(14)28(18)13-5-2-6-13/h3-4,7-9,11,13,30H,2,5-6,10H2,1H3,(H,25,27,29)/t19-/m0/s1. The van der Waals surface area contributed by atoms with Crippen molar-refractivity contribution in [3.05, 3.63) is 47.9 Å². The van der Waals surface area contributed by atoms with Gasteiger partial charge in [0.15, 0.2) is 5.65 Å². The van der Waals surface area contributed by atoms with E-state index < -0.39 is 23.4 Å². The molecule has 0 radical (unpaired) electrons. The maximum atomic E-state index is 13.1. The van der Waals surface area contributed by atoms with Crippen LogP contribution in [0.15, 0.2) is 36.7 Å². The topological polar surface area (TPSA) is 92.9 Å². The smallest absolute Gasteiger partial charge is 0.385 e. The molecule has 1 fully saturated rings. The van der Waals surface area contributed by atoms with Crippen LogP contribution in [0.25, 0.3) is 11.2 Å². The molecule has 1 aliphatic rings. The quantitative estimate of drug-likeness (QED) is 0.656. The molecule has 158 valence electrons. The van der Waals surface area contributed by atoms with Gasteiger partial charge in [-0.05, 0) is 44.4 Å². The predicted molar refractivity (Wildman–Crippen MR) is 102 cm³/mol. The first-order chi connectivity index (χ1) is 14.1. The summed E-state index contributed by atoms with van der Waals surface area (Å²) < 4.78 is 40.9. The van der Waals surface area contributed by atoms with Crippen molar-refractivity contribution in [2.45, 2.75) is 50.4 Å². The van der Waals surface area contributed by atoms with E-state index in [1.54, 1.807) is 22.9 Å². The summed E-state index contributed by atoms with van der Waals surface area (Å²) >= 11 is 0. The highest BCUT2D eigenvalue weighted by Crippen LogP contribution is 2.38. The Balaban J connectivity index is 1.64. The van der Waals surface area contributed by atoms with Crippen LogP contribution in [0.4, 0.5) is 19.1 Å². The Bertz CT molecular complexity index is 1080. The first-order valence-corrected chi connectivity index (χ1v) is 9.54. The summed E-state index contributed by atoms with van der Waals surface area (Å²) in [6.07, 6.45) is 0.649. The number of nitrogens with one attached hydrogen (secondary N) is 1. The van der Waals surface area contributed by atoms with Crippen LogP contribution in [0.2, 0.25) is 0 Å². The monoisotopic (exact) mass is 419 g/mol. The van der Waals surface area contributed by atoms with Gasteiger partial charge in [-0.1, -0.05) is 6.07 Å². The Morgan fingerprint density at radius 2 is 2.03 bits per heavy atom. The Hall–Kier alpha value is -3.01. The Kier molecular flexibility index (Phi) is 4.97. The molecular weight excluding hydrogens is 399 g/mol. The van der Waals surface area contributed by atoms with Gasteiger partial charge in [0.05, 0.1) is 12.0 Å². The van der Waals surface area contributed by atoms with Crippen molar-refractivity contribution in [3.63, 3.8) is 0 Å². The maximum Gasteiger partial charge on any atom is 0.433 e. The van der Waals surface area contributed by atoms with Crippen LogP contribution >= 0.6 is 0 Å². The second kappa shape index (κ2) is 7.35. The molecule has 0 aliphatic heterocycles. The zero-order valence-corrected chi connectivity index (χ0v) is 16.1. The van der Waals surface area contributed by atoms with Crippen LogP contribution in [0.1, 0.15) is 49.9 Å². The average molecular weight is 419 g/mol. The van der Waals surface area contributed by atoms with Crippen LogP contribution in [0.3, 0.4) is 0 Å². The number of aliphatic hydroxyl groups is 1. The van der Waals surface area contributed by atoms with Crippen LogP contribution in [-0.2, 0) is 16.6 Å². The Morgan fingerprint density at radius 3 is 2.63 bits per heavy atom. The molecule has 1 amide bonds. The second-order valence-electron chi connectivity index (χ2n) is 7.67. The van der Waals surface area contributed by atoms with Crippen molar-refractivity contribution in [3.8, 4) is 0 Å². The number of fused-ring (bicyclic) bond motifs is 1. The number of rotatable bonds is 5. The molecule has 0 aromatic carbocycles. The molecule has 0 spiro atoms. The van der Waals surface area contributed by atoms with Gasteiger partial charge in [0, 0.05) is 24.0 Å². The number of pyridine rings is 2. The van der Waals surface area contributed by atoms with Gasteiger partial charge in [-0.3, -0.25) is 19.7 Å². The van der Waals surface area contributed by atoms with E-state index in [2.05, 4.69) is 20.3 Å². The number of carbonyl (C=O) groups excluding carboxylic acids is 1. The summed E-state index contributed by atoms with van der Waals surface area (Å²) in [5.74, 6) is -0.385. The van der Waals surface area contributed by atoms with Gasteiger partial charge in [0.1, 0.15) is 11.2 Å². The zero-order valence-electron chi connectivity index (χ0n) is 16.1. The van der Waals surface area contributed by atoms with Gasteiger partial charge in [0.25, 0.3) is 0 Å². The third kappa shape index (κ3) is 3.87. The van der Waals surface area contributed by atoms with Crippen molar-refractivity contribution in [1.29, 1.82) is 0 Å². The van der Waals surface area contributed by atoms with Crippen molar-refractivity contribution < 1.29 is 23.1 Å². The van der Waals surface area contributed by atoms with E-state index in [9.17, 15) is 23.1 Å². The fourth-order valence-electron chi connectivity index (χ4n) is 3.48. The number of halogens is 3. The first kappa shape index (κ1) is 20.3. The largest absolute Gasteiger partial charge is 0.433 e. The minimum Gasteiger partial charge on any atom is -0.385 e. The molecule has 7 nitrogen and oxygen atoms in total. The maximum absolute atomic E-state index is 13.1. The van der Waals surface area contributed by atoms with Gasteiger partial charge >= 0.3 is 6.18 Å². The second-order valence-corrected chi connectivity index (χ2v) is 7.67. The van der Waals surface area contributed by atoms with E-state index in [0.29, 0.717) is 5.56 Å². The molecule has 1 atom stereocenters. The lowest BCUT2D eigenvalue weighted by atomic mass is 9.93. The molecule has 0 bridgehead atoms. The van der Waals surface area contributed by atoms with Crippen molar-refractivity contribution in [2.75, 3.05) is 5.32 Å². The number of imidazole rings is 1. The van der Waals surface area contributed by atoms with Gasteiger partial charge in [-0.2, -0.15) is 13.2 Å². The first-order valence-electron chi connectivity index (χ1n) is 9.54. The van der Waals surface area contributed by atoms with E-state index in [1.165, 1.54) is 19.2 Å². The average Bonchev–Trinajstić information content (AvgIpc) is 2.97. The van der Waals surface area contributed by atoms with E-state index in [-0.39, 0.29) is 29.6 Å². The minimum atomic E-state index is -4.57. The number of aromatic nitrogens is 4. The van der Waals surface area contributed by atoms with E-state index >= 15 is 0 Å². The van der Waals surface area contributed by atoms with Crippen molar-refractivity contribution >= 4 is 23.0 Å². The molecule has 3 aromatic heterocycles. The summed E-state index contributed by atoms with van der Waals surface area (Å²) in [4.78, 5) is 24.6. The number of carbonyl (C=O) groups is 1. The SMILES string of the molecule is C[C@](O)(CC(=O)Nc1nc2ccc(C(F)(F)F)nc2n1C1CCC1)c1cccnc1. The lowest BCUT2D eigenvalue weighted by Gasteiger charge is -2.29. The van der Waals surface area contributed by atoms with E-state index in [0.717, 1.165) is 25.3 Å². The highest BCUT2D eigenvalue weighted by Gasteiger charge is 2.35. The predicted octanol–water partition coefficient (Wildman–Crippen LogP) is 3.81. The molecule has 2 N–H and O–H groups in total. The van der Waals surface area contributed by atoms with E-state index in [4.69, 9.17) is 0 Å². The summed E-state index contributed by atoms with van der Waals surface area (Å²) in [7, 11) is 0. The van der Waals surface area contributed by atoms with Crippen LogP contribution in [0, 0.1) is 0 Å². The summed E-state index contributed by atoms with van der Waals surface area (Å²) in [6, 6.07) is 5.36. The number of hydrogen-bond acceptors (Lipinski definition) is 5.